The van der Waals surface area contributed by atoms with Crippen molar-refractivity contribution in [2.75, 3.05) is 6.61 Å². The molecule has 3 heteroatoms. The number of hydrogen-bond acceptors (Lipinski definition) is 1. The Morgan fingerprint density at radius 1 is 0.774 bits per heavy atom. The highest BCUT2D eigenvalue weighted by molar-refractivity contribution is 7.16. The molecule has 31 heavy (non-hydrogen) atoms. The lowest BCUT2D eigenvalue weighted by Crippen LogP contribution is -2.70. The van der Waals surface area contributed by atoms with Crippen LogP contribution < -0.4 is 15.6 Å². The van der Waals surface area contributed by atoms with Gasteiger partial charge in [-0.3, -0.25) is 0 Å². The van der Waals surface area contributed by atoms with E-state index >= 15 is 0 Å². The Morgan fingerprint density at radius 3 is 1.52 bits per heavy atom. The van der Waals surface area contributed by atoms with Gasteiger partial charge in [-0.05, 0) is 27.7 Å². The first-order chi connectivity index (χ1) is 14.9. The molecule has 0 aliphatic rings. The highest BCUT2D eigenvalue weighted by Crippen LogP contribution is 2.20. The molecular formula is C28H32OSi2. The van der Waals surface area contributed by atoms with Gasteiger partial charge in [0.05, 0.1) is 6.10 Å². The highest BCUT2D eigenvalue weighted by Gasteiger charge is 2.43. The van der Waals surface area contributed by atoms with Gasteiger partial charge >= 0.3 is 0 Å². The fraction of sp³-hybridized carbons (Fsp3) is 0.214. The molecule has 3 aromatic rings. The lowest BCUT2D eigenvalue weighted by molar-refractivity contribution is 0.124. The van der Waals surface area contributed by atoms with Gasteiger partial charge in [0.15, 0.2) is 8.07 Å². The SMILES string of the molecule is C=C(C(C)OCC#C[Si](C)(C)C)[Si](c1ccccc1)(c1ccccc1)c1ccccc1. The molecule has 3 rings (SSSR count). The summed E-state index contributed by atoms with van der Waals surface area (Å²) in [6.07, 6.45) is -0.108. The van der Waals surface area contributed by atoms with E-state index in [0.717, 1.165) is 5.20 Å². The molecule has 0 spiro atoms. The third-order valence-electron chi connectivity index (χ3n) is 5.46. The molecule has 3 aromatic carbocycles. The molecule has 0 fully saturated rings. The maximum atomic E-state index is 6.25. The van der Waals surface area contributed by atoms with Crippen LogP contribution in [-0.4, -0.2) is 28.9 Å². The van der Waals surface area contributed by atoms with Crippen LogP contribution in [0.25, 0.3) is 0 Å². The minimum atomic E-state index is -2.55. The average molecular weight is 441 g/mol. The number of benzene rings is 3. The summed E-state index contributed by atoms with van der Waals surface area (Å²) < 4.78 is 6.25. The van der Waals surface area contributed by atoms with Gasteiger partial charge in [0.2, 0.25) is 0 Å². The fourth-order valence-corrected chi connectivity index (χ4v) is 9.48. The van der Waals surface area contributed by atoms with Crippen LogP contribution in [0.1, 0.15) is 6.92 Å². The van der Waals surface area contributed by atoms with Crippen molar-refractivity contribution >= 4 is 31.7 Å². The van der Waals surface area contributed by atoms with Crippen LogP contribution in [0.2, 0.25) is 19.6 Å². The normalized spacial score (nSPS) is 12.5. The molecule has 0 aromatic heterocycles. The molecule has 1 unspecified atom stereocenters. The van der Waals surface area contributed by atoms with Gasteiger partial charge in [0.1, 0.15) is 14.7 Å². The molecule has 0 heterocycles. The van der Waals surface area contributed by atoms with Gasteiger partial charge in [-0.25, -0.2) is 0 Å². The van der Waals surface area contributed by atoms with E-state index in [1.165, 1.54) is 15.6 Å². The summed E-state index contributed by atoms with van der Waals surface area (Å²) in [7, 11) is -3.95. The molecule has 0 bridgehead atoms. The number of hydrogen-bond donors (Lipinski definition) is 0. The van der Waals surface area contributed by atoms with Gasteiger partial charge in [-0.2, -0.15) is 0 Å². The third kappa shape index (κ3) is 5.35. The predicted octanol–water partition coefficient (Wildman–Crippen LogP) is 4.54. The Labute approximate surface area is 189 Å². The zero-order valence-electron chi connectivity index (χ0n) is 19.1. The van der Waals surface area contributed by atoms with Crippen molar-refractivity contribution < 1.29 is 4.74 Å². The van der Waals surface area contributed by atoms with Crippen LogP contribution in [0.5, 0.6) is 0 Å². The van der Waals surface area contributed by atoms with Gasteiger partial charge in [-0.1, -0.05) is 117 Å². The fourth-order valence-electron chi connectivity index (χ4n) is 3.99. The molecule has 0 aliphatic carbocycles. The molecule has 0 amide bonds. The van der Waals surface area contributed by atoms with Crippen molar-refractivity contribution in [3.63, 3.8) is 0 Å². The first-order valence-electron chi connectivity index (χ1n) is 10.8. The Kier molecular flexibility index (Phi) is 7.51. The molecule has 0 saturated carbocycles. The van der Waals surface area contributed by atoms with E-state index in [-0.39, 0.29) is 6.10 Å². The van der Waals surface area contributed by atoms with E-state index in [0.29, 0.717) is 6.61 Å². The van der Waals surface area contributed by atoms with E-state index in [1.807, 2.05) is 0 Å². The summed E-state index contributed by atoms with van der Waals surface area (Å²) in [6.45, 7) is 14.0. The Balaban J connectivity index is 2.11. The van der Waals surface area contributed by atoms with Gasteiger partial charge in [-0.15, -0.1) is 12.1 Å². The molecule has 1 atom stereocenters. The lowest BCUT2D eigenvalue weighted by Gasteiger charge is -2.38. The Bertz CT molecular complexity index is 946. The van der Waals surface area contributed by atoms with Crippen molar-refractivity contribution in [3.05, 3.63) is 103 Å². The third-order valence-corrected chi connectivity index (χ3v) is 11.4. The van der Waals surface area contributed by atoms with Crippen molar-refractivity contribution in [3.8, 4) is 11.5 Å². The Morgan fingerprint density at radius 2 is 1.16 bits per heavy atom. The van der Waals surface area contributed by atoms with Crippen LogP contribution in [0, 0.1) is 11.5 Å². The highest BCUT2D eigenvalue weighted by atomic mass is 28.3. The molecule has 0 saturated heterocycles. The summed E-state index contributed by atoms with van der Waals surface area (Å²) in [4.78, 5) is 0. The van der Waals surface area contributed by atoms with Crippen LogP contribution in [0.15, 0.2) is 103 Å². The summed E-state index contributed by atoms with van der Waals surface area (Å²) in [5.41, 5.74) is 3.40. The van der Waals surface area contributed by atoms with Crippen molar-refractivity contribution in [1.29, 1.82) is 0 Å². The first-order valence-corrected chi connectivity index (χ1v) is 16.3. The topological polar surface area (TPSA) is 9.23 Å². The van der Waals surface area contributed by atoms with Crippen LogP contribution in [0.3, 0.4) is 0 Å². The second kappa shape index (κ2) is 10.1. The van der Waals surface area contributed by atoms with Crippen molar-refractivity contribution in [2.24, 2.45) is 0 Å². The molecule has 0 aliphatic heterocycles. The summed E-state index contributed by atoms with van der Waals surface area (Å²) in [5, 5.41) is 5.11. The van der Waals surface area contributed by atoms with E-state index in [1.54, 1.807) is 0 Å². The van der Waals surface area contributed by atoms with Gasteiger partial charge in [0, 0.05) is 0 Å². The quantitative estimate of drug-likeness (QED) is 0.298. The Hall–Kier alpha value is -2.65. The summed E-state index contributed by atoms with van der Waals surface area (Å²) in [5.74, 6) is 3.25. The largest absolute Gasteiger partial charge is 0.362 e. The van der Waals surface area contributed by atoms with E-state index in [9.17, 15) is 0 Å². The van der Waals surface area contributed by atoms with Crippen molar-refractivity contribution in [1.82, 2.24) is 0 Å². The van der Waals surface area contributed by atoms with E-state index in [2.05, 4.69) is 136 Å². The maximum Gasteiger partial charge on any atom is 0.177 e. The lowest BCUT2D eigenvalue weighted by atomic mass is 10.3. The van der Waals surface area contributed by atoms with Gasteiger partial charge < -0.3 is 4.74 Å². The van der Waals surface area contributed by atoms with E-state index in [4.69, 9.17) is 4.74 Å². The second-order valence-electron chi connectivity index (χ2n) is 8.88. The zero-order chi connectivity index (χ0) is 22.3. The molecule has 1 nitrogen and oxygen atoms in total. The standard InChI is InChI=1S/C28H32OSi2/c1-24(29-22-15-23-30(3,4)5)25(2)31(26-16-9-6-10-17-26,27-18-11-7-12-19-27)28-20-13-8-14-21-28/h6-14,16-21,24H,2,22H2,1,3-5H3. The molecule has 158 valence electrons. The van der Waals surface area contributed by atoms with Crippen molar-refractivity contribution in [2.45, 2.75) is 32.7 Å². The second-order valence-corrected chi connectivity index (χ2v) is 17.5. The minimum absolute atomic E-state index is 0.108. The van der Waals surface area contributed by atoms with Crippen LogP contribution in [0.4, 0.5) is 0 Å². The first kappa shape index (κ1) is 23.0. The average Bonchev–Trinajstić information content (AvgIpc) is 2.78. The molecular weight excluding hydrogens is 408 g/mol. The van der Waals surface area contributed by atoms with Crippen LogP contribution >= 0.6 is 0 Å². The smallest absolute Gasteiger partial charge is 0.177 e. The zero-order valence-corrected chi connectivity index (χ0v) is 21.1. The summed E-state index contributed by atoms with van der Waals surface area (Å²) >= 11 is 0. The number of rotatable bonds is 7. The van der Waals surface area contributed by atoms with E-state index < -0.39 is 16.1 Å². The molecule has 0 N–H and O–H groups in total. The number of ether oxygens (including phenoxy) is 1. The van der Waals surface area contributed by atoms with Crippen LogP contribution in [-0.2, 0) is 4.74 Å². The minimum Gasteiger partial charge on any atom is -0.362 e. The maximum absolute atomic E-state index is 6.25. The van der Waals surface area contributed by atoms with Gasteiger partial charge in [0.25, 0.3) is 0 Å². The predicted molar refractivity (Wildman–Crippen MR) is 140 cm³/mol. The summed E-state index contributed by atoms with van der Waals surface area (Å²) in [6, 6.07) is 32.5. The molecule has 0 radical (unpaired) electrons. The monoisotopic (exact) mass is 440 g/mol.